The molecular weight excluding hydrogens is 238 g/mol. The van der Waals surface area contributed by atoms with Crippen LogP contribution in [0, 0.1) is 0 Å². The summed E-state index contributed by atoms with van der Waals surface area (Å²) in [6.45, 7) is 17.3. The van der Waals surface area contributed by atoms with Gasteiger partial charge in [0.15, 0.2) is 0 Å². The van der Waals surface area contributed by atoms with Crippen LogP contribution in [0.2, 0.25) is 0 Å². The minimum absolute atomic E-state index is 0.205. The van der Waals surface area contributed by atoms with Crippen LogP contribution in [0.15, 0.2) is 0 Å². The molecule has 1 atom stereocenters. The lowest BCUT2D eigenvalue weighted by Crippen LogP contribution is -2.50. The summed E-state index contributed by atoms with van der Waals surface area (Å²) in [5.41, 5.74) is 0.205. The van der Waals surface area contributed by atoms with Gasteiger partial charge in [0, 0.05) is 44.3 Å². The Labute approximate surface area is 119 Å². The third kappa shape index (κ3) is 7.25. The molecule has 0 radical (unpaired) electrons. The number of likely N-dealkylation sites (N-methyl/N-ethyl adjacent to an activating group) is 1. The molecule has 0 aromatic carbocycles. The summed E-state index contributed by atoms with van der Waals surface area (Å²) in [6.07, 6.45) is 0.357. The van der Waals surface area contributed by atoms with Crippen LogP contribution in [0.25, 0.3) is 0 Å². The average Bonchev–Trinajstić information content (AvgIpc) is 2.27. The number of rotatable bonds is 6. The van der Waals surface area contributed by atoms with Gasteiger partial charge < -0.3 is 15.0 Å². The van der Waals surface area contributed by atoms with Gasteiger partial charge >= 0.3 is 0 Å². The highest BCUT2D eigenvalue weighted by molar-refractivity contribution is 4.77. The van der Waals surface area contributed by atoms with E-state index in [0.29, 0.717) is 12.1 Å². The minimum Gasteiger partial charge on any atom is -0.374 e. The molecule has 4 nitrogen and oxygen atoms in total. The van der Waals surface area contributed by atoms with Gasteiger partial charge in [-0.1, -0.05) is 0 Å². The number of hydrogen-bond acceptors (Lipinski definition) is 4. The molecule has 0 aromatic heterocycles. The fourth-order valence-electron chi connectivity index (χ4n) is 2.38. The minimum atomic E-state index is 0.205. The molecule has 0 aliphatic carbocycles. The molecule has 1 aliphatic heterocycles. The molecule has 1 heterocycles. The number of hydrogen-bond donors (Lipinski definition) is 1. The van der Waals surface area contributed by atoms with Gasteiger partial charge in [-0.3, -0.25) is 4.90 Å². The zero-order valence-electron chi connectivity index (χ0n) is 13.7. The van der Waals surface area contributed by atoms with E-state index in [1.54, 1.807) is 0 Å². The molecule has 114 valence electrons. The Morgan fingerprint density at radius 3 is 2.63 bits per heavy atom. The van der Waals surface area contributed by atoms with Gasteiger partial charge in [-0.05, 0) is 41.7 Å². The zero-order valence-corrected chi connectivity index (χ0v) is 13.7. The number of nitrogens with one attached hydrogen (secondary N) is 1. The summed E-state index contributed by atoms with van der Waals surface area (Å²) in [6, 6.07) is 0.624. The first-order chi connectivity index (χ1) is 8.78. The molecule has 1 unspecified atom stereocenters. The van der Waals surface area contributed by atoms with Crippen LogP contribution in [0.4, 0.5) is 0 Å². The highest BCUT2D eigenvalue weighted by Gasteiger charge is 2.23. The van der Waals surface area contributed by atoms with E-state index >= 15 is 0 Å². The smallest absolute Gasteiger partial charge is 0.0829 e. The lowest BCUT2D eigenvalue weighted by Gasteiger charge is -2.37. The lowest BCUT2D eigenvalue weighted by molar-refractivity contribution is -0.0494. The van der Waals surface area contributed by atoms with E-state index in [1.807, 2.05) is 0 Å². The van der Waals surface area contributed by atoms with Crippen molar-refractivity contribution in [2.75, 3.05) is 46.4 Å². The van der Waals surface area contributed by atoms with Gasteiger partial charge in [0.1, 0.15) is 0 Å². The average molecular weight is 271 g/mol. The molecule has 1 saturated heterocycles. The van der Waals surface area contributed by atoms with Crippen molar-refractivity contribution in [1.82, 2.24) is 15.1 Å². The first kappa shape index (κ1) is 16.9. The fourth-order valence-corrected chi connectivity index (χ4v) is 2.38. The largest absolute Gasteiger partial charge is 0.374 e. The lowest BCUT2D eigenvalue weighted by atomic mass is 10.1. The Morgan fingerprint density at radius 2 is 2.05 bits per heavy atom. The van der Waals surface area contributed by atoms with Crippen molar-refractivity contribution in [2.24, 2.45) is 0 Å². The van der Waals surface area contributed by atoms with E-state index < -0.39 is 0 Å². The third-order valence-corrected chi connectivity index (χ3v) is 3.56. The summed E-state index contributed by atoms with van der Waals surface area (Å²) in [4.78, 5) is 4.88. The van der Waals surface area contributed by atoms with Crippen LogP contribution < -0.4 is 5.32 Å². The summed E-state index contributed by atoms with van der Waals surface area (Å²) in [7, 11) is 2.18. The van der Waals surface area contributed by atoms with Crippen LogP contribution in [-0.2, 0) is 4.74 Å². The topological polar surface area (TPSA) is 27.7 Å². The molecule has 1 aliphatic rings. The summed E-state index contributed by atoms with van der Waals surface area (Å²) in [5.74, 6) is 0. The van der Waals surface area contributed by atoms with E-state index in [1.165, 1.54) is 0 Å². The first-order valence-electron chi connectivity index (χ1n) is 7.57. The van der Waals surface area contributed by atoms with Crippen LogP contribution in [-0.4, -0.2) is 73.9 Å². The zero-order chi connectivity index (χ0) is 14.5. The van der Waals surface area contributed by atoms with Gasteiger partial charge in [0.2, 0.25) is 0 Å². The van der Waals surface area contributed by atoms with E-state index in [-0.39, 0.29) is 5.54 Å². The Morgan fingerprint density at radius 1 is 1.37 bits per heavy atom. The van der Waals surface area contributed by atoms with Gasteiger partial charge in [-0.15, -0.1) is 0 Å². The Hall–Kier alpha value is -0.160. The number of ether oxygens (including phenoxy) is 1. The Bertz CT molecular complexity index is 250. The second-order valence-corrected chi connectivity index (χ2v) is 7.02. The molecule has 0 saturated carbocycles. The van der Waals surface area contributed by atoms with Crippen molar-refractivity contribution in [3.63, 3.8) is 0 Å². The normalized spacial score (nSPS) is 22.4. The second-order valence-electron chi connectivity index (χ2n) is 7.02. The van der Waals surface area contributed by atoms with E-state index in [2.05, 4.69) is 56.8 Å². The maximum Gasteiger partial charge on any atom is 0.0829 e. The van der Waals surface area contributed by atoms with Crippen LogP contribution in [0.3, 0.4) is 0 Å². The monoisotopic (exact) mass is 271 g/mol. The van der Waals surface area contributed by atoms with Gasteiger partial charge in [-0.2, -0.15) is 0 Å². The van der Waals surface area contributed by atoms with Gasteiger partial charge in [-0.25, -0.2) is 0 Å². The maximum absolute atomic E-state index is 5.87. The predicted molar refractivity (Wildman–Crippen MR) is 81.7 cm³/mol. The maximum atomic E-state index is 5.87. The van der Waals surface area contributed by atoms with Crippen LogP contribution >= 0.6 is 0 Å². The van der Waals surface area contributed by atoms with Gasteiger partial charge in [0.05, 0.1) is 12.7 Å². The summed E-state index contributed by atoms with van der Waals surface area (Å²) >= 11 is 0. The van der Waals surface area contributed by atoms with Crippen molar-refractivity contribution in [3.05, 3.63) is 0 Å². The van der Waals surface area contributed by atoms with Crippen molar-refractivity contribution in [3.8, 4) is 0 Å². The SMILES string of the molecule is CC(C)N1CCOC(CN(C)CCNC(C)(C)C)C1. The molecule has 0 spiro atoms. The molecule has 0 amide bonds. The van der Waals surface area contributed by atoms with Gasteiger partial charge in [0.25, 0.3) is 0 Å². The molecule has 4 heteroatoms. The summed E-state index contributed by atoms with van der Waals surface area (Å²) in [5, 5.41) is 3.52. The summed E-state index contributed by atoms with van der Waals surface area (Å²) < 4.78 is 5.87. The molecule has 1 N–H and O–H groups in total. The molecular formula is C15H33N3O. The molecule has 1 fully saturated rings. The fraction of sp³-hybridized carbons (Fsp3) is 1.00. The van der Waals surface area contributed by atoms with Crippen molar-refractivity contribution in [1.29, 1.82) is 0 Å². The third-order valence-electron chi connectivity index (χ3n) is 3.56. The van der Waals surface area contributed by atoms with E-state index in [9.17, 15) is 0 Å². The Balaban J connectivity index is 2.22. The highest BCUT2D eigenvalue weighted by atomic mass is 16.5. The highest BCUT2D eigenvalue weighted by Crippen LogP contribution is 2.09. The Kier molecular flexibility index (Phi) is 6.74. The van der Waals surface area contributed by atoms with Crippen molar-refractivity contribution in [2.45, 2.75) is 52.3 Å². The van der Waals surface area contributed by atoms with E-state index in [4.69, 9.17) is 4.74 Å². The molecule has 0 bridgehead atoms. The van der Waals surface area contributed by atoms with Crippen molar-refractivity contribution >= 4 is 0 Å². The quantitative estimate of drug-likeness (QED) is 0.791. The second kappa shape index (κ2) is 7.58. The number of morpholine rings is 1. The standard InChI is InChI=1S/C15H33N3O/c1-13(2)18-9-10-19-14(12-18)11-17(6)8-7-16-15(3,4)5/h13-14,16H,7-12H2,1-6H3. The predicted octanol–water partition coefficient (Wildman–Crippen LogP) is 1.42. The van der Waals surface area contributed by atoms with Crippen molar-refractivity contribution < 1.29 is 4.74 Å². The first-order valence-corrected chi connectivity index (χ1v) is 7.57. The van der Waals surface area contributed by atoms with E-state index in [0.717, 1.165) is 39.3 Å². The van der Waals surface area contributed by atoms with Crippen LogP contribution in [0.5, 0.6) is 0 Å². The molecule has 1 rings (SSSR count). The molecule has 19 heavy (non-hydrogen) atoms. The molecule has 0 aromatic rings. The van der Waals surface area contributed by atoms with Crippen LogP contribution in [0.1, 0.15) is 34.6 Å². The number of nitrogens with zero attached hydrogens (tertiary/aromatic N) is 2.